The standard InChI is InChI=1S/C25H28F3N3O/c1-18(32)31-25(19-7-3-2-4-8-19,12-6-14-30-13-5-9-21(27)17-30)16-24(29-31)22-15-20(26)10-11-23(22)28/h2-4,7-8,10-11,15,21H,5-6,9,12-14,16-17H2,1H3/t21?,25-/m1/s1. The number of rotatable bonds is 6. The molecule has 1 saturated heterocycles. The number of hydrogen-bond acceptors (Lipinski definition) is 3. The highest BCUT2D eigenvalue weighted by Crippen LogP contribution is 2.43. The number of nitrogens with zero attached hydrogens (tertiary/aromatic N) is 3. The van der Waals surface area contributed by atoms with Gasteiger partial charge in [-0.2, -0.15) is 5.10 Å². The van der Waals surface area contributed by atoms with E-state index in [0.29, 0.717) is 31.6 Å². The summed E-state index contributed by atoms with van der Waals surface area (Å²) in [6.07, 6.45) is 2.24. The van der Waals surface area contributed by atoms with Crippen molar-refractivity contribution in [2.45, 2.75) is 50.7 Å². The summed E-state index contributed by atoms with van der Waals surface area (Å²) in [7, 11) is 0. The lowest BCUT2D eigenvalue weighted by atomic mass is 9.80. The van der Waals surface area contributed by atoms with Crippen LogP contribution < -0.4 is 0 Å². The molecule has 0 saturated carbocycles. The van der Waals surface area contributed by atoms with Crippen LogP contribution in [0.15, 0.2) is 53.6 Å². The van der Waals surface area contributed by atoms with Crippen molar-refractivity contribution in [3.63, 3.8) is 0 Å². The minimum absolute atomic E-state index is 0.0744. The third-order valence-electron chi connectivity index (χ3n) is 6.45. The molecule has 2 atom stereocenters. The molecule has 2 aromatic carbocycles. The molecule has 0 spiro atoms. The number of likely N-dealkylation sites (tertiary alicyclic amines) is 1. The van der Waals surface area contributed by atoms with Gasteiger partial charge < -0.3 is 4.90 Å². The first-order chi connectivity index (χ1) is 15.4. The van der Waals surface area contributed by atoms with Gasteiger partial charge >= 0.3 is 0 Å². The third kappa shape index (κ3) is 4.58. The van der Waals surface area contributed by atoms with Gasteiger partial charge in [0.25, 0.3) is 0 Å². The Morgan fingerprint density at radius 3 is 2.69 bits per heavy atom. The molecule has 0 aromatic heterocycles. The first-order valence-corrected chi connectivity index (χ1v) is 11.1. The van der Waals surface area contributed by atoms with Crippen molar-refractivity contribution < 1.29 is 18.0 Å². The van der Waals surface area contributed by atoms with Crippen LogP contribution in [0.3, 0.4) is 0 Å². The number of carbonyl (C=O) groups is 1. The van der Waals surface area contributed by atoms with Gasteiger partial charge in [0.1, 0.15) is 17.8 Å². The lowest BCUT2D eigenvalue weighted by molar-refractivity contribution is -0.135. The van der Waals surface area contributed by atoms with Crippen molar-refractivity contribution in [3.05, 3.63) is 71.3 Å². The number of hydrogen-bond donors (Lipinski definition) is 0. The zero-order valence-corrected chi connectivity index (χ0v) is 18.2. The molecule has 1 amide bonds. The second-order valence-electron chi connectivity index (χ2n) is 8.72. The van der Waals surface area contributed by atoms with Crippen molar-refractivity contribution >= 4 is 11.6 Å². The predicted molar refractivity (Wildman–Crippen MR) is 118 cm³/mol. The molecule has 2 aliphatic rings. The van der Waals surface area contributed by atoms with E-state index in [4.69, 9.17) is 0 Å². The number of amides is 1. The minimum atomic E-state index is -0.800. The van der Waals surface area contributed by atoms with E-state index in [1.165, 1.54) is 11.9 Å². The van der Waals surface area contributed by atoms with Crippen LogP contribution in [0.4, 0.5) is 13.2 Å². The van der Waals surface area contributed by atoms with Crippen LogP contribution in [0, 0.1) is 11.6 Å². The van der Waals surface area contributed by atoms with E-state index in [0.717, 1.165) is 43.1 Å². The molecule has 0 bridgehead atoms. The van der Waals surface area contributed by atoms with Gasteiger partial charge in [-0.05, 0) is 62.5 Å². The normalized spacial score (nSPS) is 23.9. The Morgan fingerprint density at radius 2 is 1.97 bits per heavy atom. The summed E-state index contributed by atoms with van der Waals surface area (Å²) in [4.78, 5) is 14.8. The smallest absolute Gasteiger partial charge is 0.240 e. The topological polar surface area (TPSA) is 35.9 Å². The van der Waals surface area contributed by atoms with E-state index < -0.39 is 23.3 Å². The summed E-state index contributed by atoms with van der Waals surface area (Å²) in [5.41, 5.74) is 0.521. The molecule has 32 heavy (non-hydrogen) atoms. The number of hydrazone groups is 1. The van der Waals surface area contributed by atoms with Crippen molar-refractivity contribution in [3.8, 4) is 0 Å². The van der Waals surface area contributed by atoms with Gasteiger partial charge in [0, 0.05) is 25.5 Å². The van der Waals surface area contributed by atoms with Crippen LogP contribution in [0.1, 0.15) is 50.2 Å². The zero-order chi connectivity index (χ0) is 22.7. The second kappa shape index (κ2) is 9.45. The minimum Gasteiger partial charge on any atom is -0.300 e. The maximum atomic E-state index is 14.5. The number of halogens is 3. The summed E-state index contributed by atoms with van der Waals surface area (Å²) < 4.78 is 42.2. The van der Waals surface area contributed by atoms with E-state index >= 15 is 0 Å². The summed E-state index contributed by atoms with van der Waals surface area (Å²) in [6.45, 7) is 3.45. The maximum Gasteiger partial charge on any atom is 0.240 e. The average Bonchev–Trinajstić information content (AvgIpc) is 3.17. The first kappa shape index (κ1) is 22.5. The van der Waals surface area contributed by atoms with E-state index in [1.807, 2.05) is 30.3 Å². The van der Waals surface area contributed by atoms with Crippen molar-refractivity contribution in [2.75, 3.05) is 19.6 Å². The molecule has 4 rings (SSSR count). The molecule has 170 valence electrons. The van der Waals surface area contributed by atoms with Gasteiger partial charge in [0.05, 0.1) is 11.3 Å². The predicted octanol–water partition coefficient (Wildman–Crippen LogP) is 5.03. The highest BCUT2D eigenvalue weighted by molar-refractivity contribution is 6.03. The molecule has 1 fully saturated rings. The molecule has 0 aliphatic carbocycles. The number of piperidine rings is 1. The van der Waals surface area contributed by atoms with Crippen LogP contribution >= 0.6 is 0 Å². The van der Waals surface area contributed by atoms with E-state index in [1.54, 1.807) is 0 Å². The molecule has 4 nitrogen and oxygen atoms in total. The zero-order valence-electron chi connectivity index (χ0n) is 18.2. The fourth-order valence-corrected chi connectivity index (χ4v) is 4.95. The Balaban J connectivity index is 1.64. The van der Waals surface area contributed by atoms with Crippen LogP contribution in [0.25, 0.3) is 0 Å². The van der Waals surface area contributed by atoms with Crippen molar-refractivity contribution in [1.29, 1.82) is 0 Å². The van der Waals surface area contributed by atoms with Crippen LogP contribution in [-0.2, 0) is 10.3 Å². The molecular formula is C25H28F3N3O. The van der Waals surface area contributed by atoms with Gasteiger partial charge in [0.2, 0.25) is 5.91 Å². The summed E-state index contributed by atoms with van der Waals surface area (Å²) in [6, 6.07) is 12.8. The summed E-state index contributed by atoms with van der Waals surface area (Å²) >= 11 is 0. The third-order valence-corrected chi connectivity index (χ3v) is 6.45. The molecule has 7 heteroatoms. The molecular weight excluding hydrogens is 415 g/mol. The number of benzene rings is 2. The Labute approximate surface area is 186 Å². The average molecular weight is 444 g/mol. The highest BCUT2D eigenvalue weighted by atomic mass is 19.1. The van der Waals surface area contributed by atoms with Crippen molar-refractivity contribution in [1.82, 2.24) is 9.91 Å². The first-order valence-electron chi connectivity index (χ1n) is 11.1. The fraction of sp³-hybridized carbons (Fsp3) is 0.440. The highest BCUT2D eigenvalue weighted by Gasteiger charge is 2.46. The molecule has 0 N–H and O–H groups in total. The van der Waals surface area contributed by atoms with Crippen LogP contribution in [0.5, 0.6) is 0 Å². The van der Waals surface area contributed by atoms with Gasteiger partial charge in [-0.1, -0.05) is 30.3 Å². The molecule has 2 aliphatic heterocycles. The number of carbonyl (C=O) groups excluding carboxylic acids is 1. The maximum absolute atomic E-state index is 14.5. The lowest BCUT2D eigenvalue weighted by Gasteiger charge is -2.37. The Kier molecular flexibility index (Phi) is 6.65. The summed E-state index contributed by atoms with van der Waals surface area (Å²) in [5, 5.41) is 5.91. The summed E-state index contributed by atoms with van der Waals surface area (Å²) in [5.74, 6) is -1.39. The van der Waals surface area contributed by atoms with Crippen molar-refractivity contribution in [2.24, 2.45) is 5.10 Å². The van der Waals surface area contributed by atoms with Crippen LogP contribution in [-0.4, -0.2) is 47.3 Å². The second-order valence-corrected chi connectivity index (χ2v) is 8.72. The molecule has 2 heterocycles. The van der Waals surface area contributed by atoms with Gasteiger partial charge in [-0.25, -0.2) is 18.2 Å². The Hall–Kier alpha value is -2.67. The monoisotopic (exact) mass is 443 g/mol. The Morgan fingerprint density at radius 1 is 1.19 bits per heavy atom. The van der Waals surface area contributed by atoms with E-state index in [-0.39, 0.29) is 17.9 Å². The van der Waals surface area contributed by atoms with Crippen LogP contribution in [0.2, 0.25) is 0 Å². The van der Waals surface area contributed by atoms with E-state index in [9.17, 15) is 18.0 Å². The Bertz CT molecular complexity index is 997. The lowest BCUT2D eigenvalue weighted by Crippen LogP contribution is -2.44. The van der Waals surface area contributed by atoms with E-state index in [2.05, 4.69) is 10.0 Å². The van der Waals surface area contributed by atoms with Gasteiger partial charge in [-0.3, -0.25) is 4.79 Å². The van der Waals surface area contributed by atoms with Gasteiger partial charge in [-0.15, -0.1) is 0 Å². The molecule has 0 radical (unpaired) electrons. The quantitative estimate of drug-likeness (QED) is 0.628. The fourth-order valence-electron chi connectivity index (χ4n) is 4.95. The van der Waals surface area contributed by atoms with Gasteiger partial charge in [0.15, 0.2) is 0 Å². The molecule has 2 aromatic rings. The largest absolute Gasteiger partial charge is 0.300 e. The number of alkyl halides is 1. The SMILES string of the molecule is CC(=O)N1N=C(c2cc(F)ccc2F)C[C@]1(CCCN1CCCC(F)C1)c1ccccc1. The molecule has 1 unspecified atom stereocenters.